The van der Waals surface area contributed by atoms with E-state index in [4.69, 9.17) is 4.74 Å². The first-order valence-corrected chi connectivity index (χ1v) is 13.9. The fraction of sp³-hybridized carbons (Fsp3) is 0.357. The van der Waals surface area contributed by atoms with Gasteiger partial charge >= 0.3 is 6.09 Å². The van der Waals surface area contributed by atoms with Crippen molar-refractivity contribution in [2.45, 2.75) is 51.2 Å². The van der Waals surface area contributed by atoms with Crippen molar-refractivity contribution < 1.29 is 22.7 Å². The maximum absolute atomic E-state index is 13.5. The summed E-state index contributed by atoms with van der Waals surface area (Å²) in [5, 5.41) is 4.08. The summed E-state index contributed by atoms with van der Waals surface area (Å²) in [6, 6.07) is 17.2. The summed E-state index contributed by atoms with van der Waals surface area (Å²) in [6.45, 7) is 8.20. The van der Waals surface area contributed by atoms with Crippen LogP contribution >= 0.6 is 0 Å². The van der Waals surface area contributed by atoms with Gasteiger partial charge in [0.1, 0.15) is 0 Å². The molecule has 3 aromatic carbocycles. The molecule has 1 saturated heterocycles. The van der Waals surface area contributed by atoms with Crippen LogP contribution in [0.1, 0.15) is 43.1 Å². The number of carbonyl (C=O) groups excluding carboxylic acids is 2. The van der Waals surface area contributed by atoms with Gasteiger partial charge in [0.15, 0.2) is 0 Å². The second-order valence-electron chi connectivity index (χ2n) is 9.80. The number of likely N-dealkylation sites (tertiary alicyclic amines) is 1. The minimum Gasteiger partial charge on any atom is -0.447 e. The van der Waals surface area contributed by atoms with Gasteiger partial charge in [0, 0.05) is 41.2 Å². The van der Waals surface area contributed by atoms with Gasteiger partial charge in [-0.3, -0.25) is 4.79 Å². The smallest absolute Gasteiger partial charge is 0.410 e. The number of hydrogen-bond donors (Lipinski definition) is 2. The molecule has 0 aliphatic carbocycles. The highest BCUT2D eigenvalue weighted by Crippen LogP contribution is 2.31. The van der Waals surface area contributed by atoms with Gasteiger partial charge in [-0.1, -0.05) is 49.4 Å². The summed E-state index contributed by atoms with van der Waals surface area (Å²) < 4.78 is 35.2. The van der Waals surface area contributed by atoms with Crippen LogP contribution < -0.4 is 10.0 Å². The Morgan fingerprint density at radius 1 is 1.00 bits per heavy atom. The minimum absolute atomic E-state index is 0.0952. The van der Waals surface area contributed by atoms with Gasteiger partial charge in [-0.2, -0.15) is 0 Å². The van der Waals surface area contributed by atoms with E-state index in [9.17, 15) is 18.0 Å². The molecule has 0 aromatic heterocycles. The highest BCUT2D eigenvalue weighted by Gasteiger charge is 2.33. The van der Waals surface area contributed by atoms with E-state index in [-0.39, 0.29) is 35.0 Å². The Labute approximate surface area is 218 Å². The predicted octanol–water partition coefficient (Wildman–Crippen LogP) is 4.93. The number of sulfonamides is 1. The standard InChI is InChI=1S/C28H33N3O5S/c1-18(2)36-28(33)31-16-15-24(20(4)17-31)30-37(34,35)26-14-13-25(22-11-7-8-12-23(22)26)29-27(32)21-10-6-5-9-19(21)3/h5-14,18,20,24,30H,15-17H2,1-4H3,(H,29,32)/t20?,24-/m0/s1. The molecule has 0 saturated carbocycles. The highest BCUT2D eigenvalue weighted by atomic mass is 32.2. The van der Waals surface area contributed by atoms with Crippen LogP contribution in [-0.2, 0) is 14.8 Å². The highest BCUT2D eigenvalue weighted by molar-refractivity contribution is 7.89. The third-order valence-corrected chi connectivity index (χ3v) is 8.17. The molecule has 3 aromatic rings. The summed E-state index contributed by atoms with van der Waals surface area (Å²) >= 11 is 0. The maximum atomic E-state index is 13.5. The lowest BCUT2D eigenvalue weighted by Gasteiger charge is -2.36. The Morgan fingerprint density at radius 3 is 2.35 bits per heavy atom. The van der Waals surface area contributed by atoms with E-state index in [1.54, 1.807) is 55.1 Å². The second kappa shape index (κ2) is 10.9. The fourth-order valence-electron chi connectivity index (χ4n) is 4.66. The van der Waals surface area contributed by atoms with E-state index in [1.807, 2.05) is 32.0 Å². The number of ether oxygens (including phenoxy) is 1. The van der Waals surface area contributed by atoms with Gasteiger partial charge in [0.2, 0.25) is 10.0 Å². The van der Waals surface area contributed by atoms with E-state index in [0.717, 1.165) is 5.56 Å². The zero-order valence-electron chi connectivity index (χ0n) is 21.5. The third kappa shape index (κ3) is 5.94. The van der Waals surface area contributed by atoms with Gasteiger partial charge in [-0.05, 0) is 56.9 Å². The molecule has 9 heteroatoms. The van der Waals surface area contributed by atoms with Crippen LogP contribution in [0.15, 0.2) is 65.6 Å². The Kier molecular flexibility index (Phi) is 7.85. The molecule has 4 rings (SSSR count). The molecular formula is C28H33N3O5S. The van der Waals surface area contributed by atoms with Crippen molar-refractivity contribution in [3.63, 3.8) is 0 Å². The Morgan fingerprint density at radius 2 is 1.68 bits per heavy atom. The molecule has 37 heavy (non-hydrogen) atoms. The molecule has 1 aliphatic heterocycles. The molecule has 2 amide bonds. The number of carbonyl (C=O) groups is 2. The third-order valence-electron chi connectivity index (χ3n) is 6.62. The van der Waals surface area contributed by atoms with E-state index < -0.39 is 10.0 Å². The predicted molar refractivity (Wildman–Crippen MR) is 144 cm³/mol. The summed E-state index contributed by atoms with van der Waals surface area (Å²) in [6.07, 6.45) is -0.106. The van der Waals surface area contributed by atoms with Crippen LogP contribution in [0.3, 0.4) is 0 Å². The molecule has 1 unspecified atom stereocenters. The summed E-state index contributed by atoms with van der Waals surface area (Å²) in [5.74, 6) is -0.351. The van der Waals surface area contributed by atoms with E-state index >= 15 is 0 Å². The van der Waals surface area contributed by atoms with Crippen molar-refractivity contribution >= 4 is 38.5 Å². The number of aryl methyl sites for hydroxylation is 1. The first-order chi connectivity index (χ1) is 17.6. The van der Waals surface area contributed by atoms with Gasteiger partial charge in [0.05, 0.1) is 11.0 Å². The average molecular weight is 524 g/mol. The number of piperidine rings is 1. The van der Waals surface area contributed by atoms with E-state index in [0.29, 0.717) is 41.5 Å². The number of fused-ring (bicyclic) bond motifs is 1. The molecule has 2 atom stereocenters. The largest absolute Gasteiger partial charge is 0.447 e. The first kappa shape index (κ1) is 26.6. The van der Waals surface area contributed by atoms with Gasteiger partial charge in [-0.15, -0.1) is 0 Å². The van der Waals surface area contributed by atoms with Crippen molar-refractivity contribution in [2.24, 2.45) is 5.92 Å². The minimum atomic E-state index is -3.88. The lowest BCUT2D eigenvalue weighted by molar-refractivity contribution is 0.0600. The quantitative estimate of drug-likeness (QED) is 0.477. The molecule has 2 N–H and O–H groups in total. The maximum Gasteiger partial charge on any atom is 0.410 e. The number of benzene rings is 3. The number of nitrogens with zero attached hydrogens (tertiary/aromatic N) is 1. The van der Waals surface area contributed by atoms with Gasteiger partial charge in [0.25, 0.3) is 5.91 Å². The van der Waals surface area contributed by atoms with Gasteiger partial charge in [-0.25, -0.2) is 17.9 Å². The van der Waals surface area contributed by atoms with Crippen LogP contribution in [0.25, 0.3) is 10.8 Å². The molecule has 0 bridgehead atoms. The molecule has 8 nitrogen and oxygen atoms in total. The summed E-state index contributed by atoms with van der Waals surface area (Å²) in [4.78, 5) is 26.9. The number of rotatable bonds is 6. The topological polar surface area (TPSA) is 105 Å². The lowest BCUT2D eigenvalue weighted by atomic mass is 9.95. The summed E-state index contributed by atoms with van der Waals surface area (Å²) in [5.41, 5.74) is 1.95. The molecule has 1 fully saturated rings. The SMILES string of the molecule is Cc1ccccc1C(=O)Nc1ccc(S(=O)(=O)N[C@H]2CCN(C(=O)OC(C)C)CC2C)c2ccccc12. The molecule has 0 radical (unpaired) electrons. The first-order valence-electron chi connectivity index (χ1n) is 12.4. The zero-order chi connectivity index (χ0) is 26.7. The summed E-state index contributed by atoms with van der Waals surface area (Å²) in [7, 11) is -3.88. The van der Waals surface area contributed by atoms with Crippen molar-refractivity contribution in [3.05, 3.63) is 71.8 Å². The average Bonchev–Trinajstić information content (AvgIpc) is 2.85. The van der Waals surface area contributed by atoms with Crippen molar-refractivity contribution in [1.29, 1.82) is 0 Å². The zero-order valence-corrected chi connectivity index (χ0v) is 22.3. The van der Waals surface area contributed by atoms with Crippen LogP contribution in [0.5, 0.6) is 0 Å². The molecule has 196 valence electrons. The lowest BCUT2D eigenvalue weighted by Crippen LogP contribution is -2.51. The number of amides is 2. The van der Waals surface area contributed by atoms with Crippen LogP contribution in [0, 0.1) is 12.8 Å². The van der Waals surface area contributed by atoms with Crippen molar-refractivity contribution in [3.8, 4) is 0 Å². The molecule has 1 heterocycles. The number of anilines is 1. The van der Waals surface area contributed by atoms with Crippen LogP contribution in [0.2, 0.25) is 0 Å². The fourth-order valence-corrected chi connectivity index (χ4v) is 6.25. The van der Waals surface area contributed by atoms with Crippen molar-refractivity contribution in [1.82, 2.24) is 9.62 Å². The Balaban J connectivity index is 1.55. The van der Waals surface area contributed by atoms with Gasteiger partial charge < -0.3 is 15.0 Å². The monoisotopic (exact) mass is 523 g/mol. The molecular weight excluding hydrogens is 490 g/mol. The normalized spacial score (nSPS) is 18.1. The van der Waals surface area contributed by atoms with Crippen LogP contribution in [-0.4, -0.2) is 50.6 Å². The Bertz CT molecular complexity index is 1420. The number of hydrogen-bond acceptors (Lipinski definition) is 5. The van der Waals surface area contributed by atoms with Crippen LogP contribution in [0.4, 0.5) is 10.5 Å². The molecule has 0 spiro atoms. The Hall–Kier alpha value is -3.43. The van der Waals surface area contributed by atoms with E-state index in [1.165, 1.54) is 6.07 Å². The number of nitrogens with one attached hydrogen (secondary N) is 2. The molecule has 1 aliphatic rings. The van der Waals surface area contributed by atoms with E-state index in [2.05, 4.69) is 10.0 Å². The second-order valence-corrected chi connectivity index (χ2v) is 11.5. The van der Waals surface area contributed by atoms with Crippen molar-refractivity contribution in [2.75, 3.05) is 18.4 Å².